The van der Waals surface area contributed by atoms with E-state index in [-0.39, 0.29) is 0 Å². The van der Waals surface area contributed by atoms with Gasteiger partial charge in [0.1, 0.15) is 11.2 Å². The molecule has 50 heavy (non-hydrogen) atoms. The van der Waals surface area contributed by atoms with Gasteiger partial charge >= 0.3 is 0 Å². The Labute approximate surface area is 289 Å². The summed E-state index contributed by atoms with van der Waals surface area (Å²) in [6.07, 6.45) is 0. The predicted molar refractivity (Wildman–Crippen MR) is 204 cm³/mol. The van der Waals surface area contributed by atoms with Crippen molar-refractivity contribution in [2.75, 3.05) is 4.90 Å². The molecule has 236 valence electrons. The van der Waals surface area contributed by atoms with Gasteiger partial charge in [0.05, 0.1) is 5.69 Å². The largest absolute Gasteiger partial charge is 0.456 e. The minimum atomic E-state index is 0.591. The molecule has 0 aliphatic carbocycles. The molecule has 0 amide bonds. The third kappa shape index (κ3) is 5.47. The molecule has 0 aliphatic rings. The number of aromatic nitrogens is 3. The van der Waals surface area contributed by atoms with Crippen LogP contribution in [0.3, 0.4) is 0 Å². The molecule has 0 saturated carbocycles. The van der Waals surface area contributed by atoms with Gasteiger partial charge in [0.25, 0.3) is 0 Å². The van der Waals surface area contributed by atoms with Crippen LogP contribution in [0.15, 0.2) is 186 Å². The molecule has 0 saturated heterocycles. The molecule has 0 aliphatic heterocycles. The van der Waals surface area contributed by atoms with Gasteiger partial charge in [-0.15, -0.1) is 0 Å². The first-order valence-electron chi connectivity index (χ1n) is 16.6. The van der Waals surface area contributed by atoms with Gasteiger partial charge in [-0.1, -0.05) is 133 Å². The molecule has 7 aromatic carbocycles. The van der Waals surface area contributed by atoms with E-state index in [4.69, 9.17) is 19.4 Å². The van der Waals surface area contributed by atoms with E-state index in [9.17, 15) is 0 Å². The summed E-state index contributed by atoms with van der Waals surface area (Å²) in [7, 11) is 0. The minimum absolute atomic E-state index is 0.591. The first kappa shape index (κ1) is 29.3. The molecule has 0 N–H and O–H groups in total. The summed E-state index contributed by atoms with van der Waals surface area (Å²) < 4.78 is 6.49. The van der Waals surface area contributed by atoms with Gasteiger partial charge in [0, 0.05) is 44.4 Å². The van der Waals surface area contributed by atoms with Gasteiger partial charge in [0.2, 0.25) is 0 Å². The number of para-hydroxylation sites is 2. The zero-order valence-electron chi connectivity index (χ0n) is 27.0. The normalized spacial score (nSPS) is 11.2. The Morgan fingerprint density at radius 1 is 0.360 bits per heavy atom. The number of rotatable bonds is 7. The molecule has 2 aromatic heterocycles. The molecule has 2 heterocycles. The Hall–Kier alpha value is -6.85. The van der Waals surface area contributed by atoms with Crippen LogP contribution in [-0.4, -0.2) is 15.0 Å². The number of furan rings is 1. The van der Waals surface area contributed by atoms with E-state index in [0.29, 0.717) is 17.5 Å². The lowest BCUT2D eigenvalue weighted by molar-refractivity contribution is 0.669. The van der Waals surface area contributed by atoms with E-state index in [1.54, 1.807) is 0 Å². The Kier molecular flexibility index (Phi) is 7.41. The van der Waals surface area contributed by atoms with Crippen LogP contribution in [-0.2, 0) is 0 Å². The van der Waals surface area contributed by atoms with Crippen molar-refractivity contribution in [1.82, 2.24) is 15.0 Å². The first-order valence-corrected chi connectivity index (χ1v) is 16.6. The van der Waals surface area contributed by atoms with Crippen LogP contribution in [0.5, 0.6) is 0 Å². The smallest absolute Gasteiger partial charge is 0.164 e. The molecular weight excluding hydrogens is 613 g/mol. The molecule has 9 rings (SSSR count). The van der Waals surface area contributed by atoms with Gasteiger partial charge in [-0.25, -0.2) is 15.0 Å². The lowest BCUT2D eigenvalue weighted by Gasteiger charge is -2.28. The van der Waals surface area contributed by atoms with Crippen molar-refractivity contribution in [1.29, 1.82) is 0 Å². The van der Waals surface area contributed by atoms with Crippen molar-refractivity contribution < 1.29 is 4.42 Å². The molecular formula is C45H30N4O. The summed E-state index contributed by atoms with van der Waals surface area (Å²) in [5.74, 6) is 1.84. The fourth-order valence-corrected chi connectivity index (χ4v) is 6.52. The molecule has 0 atom stereocenters. The molecule has 0 radical (unpaired) electrons. The summed E-state index contributed by atoms with van der Waals surface area (Å²) in [4.78, 5) is 17.0. The van der Waals surface area contributed by atoms with Crippen molar-refractivity contribution >= 4 is 39.0 Å². The van der Waals surface area contributed by atoms with E-state index in [1.807, 2.05) is 72.8 Å². The number of anilines is 3. The molecule has 0 fully saturated rings. The molecule has 0 bridgehead atoms. The second-order valence-corrected chi connectivity index (χ2v) is 12.1. The van der Waals surface area contributed by atoms with Crippen molar-refractivity contribution in [3.8, 4) is 45.3 Å². The van der Waals surface area contributed by atoms with Crippen LogP contribution in [0.2, 0.25) is 0 Å². The molecule has 0 spiro atoms. The summed E-state index contributed by atoms with van der Waals surface area (Å²) >= 11 is 0. The number of hydrogen-bond donors (Lipinski definition) is 0. The Balaban J connectivity index is 1.17. The Morgan fingerprint density at radius 2 is 0.900 bits per heavy atom. The van der Waals surface area contributed by atoms with Crippen LogP contribution in [0, 0.1) is 0 Å². The standard InChI is InChI=1S/C45H30N4O/c1-5-15-31(16-6-1)37-23-13-14-24-40(37)49(35-21-11-4-12-22-35)36-26-28-41-39(30-36)38-27-25-34(29-42(38)50-41)45-47-43(32-17-7-2-8-18-32)46-44(48-45)33-19-9-3-10-20-33/h1-30H. The van der Waals surface area contributed by atoms with Crippen LogP contribution >= 0.6 is 0 Å². The summed E-state index contributed by atoms with van der Waals surface area (Å²) in [5, 5.41) is 2.06. The first-order chi connectivity index (χ1) is 24.8. The quantitative estimate of drug-likeness (QED) is 0.173. The van der Waals surface area contributed by atoms with E-state index in [0.717, 1.165) is 66.8 Å². The second kappa shape index (κ2) is 12.6. The van der Waals surface area contributed by atoms with Gasteiger partial charge in [-0.3, -0.25) is 0 Å². The van der Waals surface area contributed by atoms with E-state index in [1.165, 1.54) is 0 Å². The zero-order valence-corrected chi connectivity index (χ0v) is 27.0. The lowest BCUT2D eigenvalue weighted by atomic mass is 10.0. The van der Waals surface area contributed by atoms with Gasteiger partial charge < -0.3 is 9.32 Å². The third-order valence-electron chi connectivity index (χ3n) is 8.91. The summed E-state index contributed by atoms with van der Waals surface area (Å²) in [6, 6.07) is 62.3. The van der Waals surface area contributed by atoms with Gasteiger partial charge in [-0.05, 0) is 54.1 Å². The molecule has 0 unspecified atom stereocenters. The predicted octanol–water partition coefficient (Wildman–Crippen LogP) is 11.9. The zero-order chi connectivity index (χ0) is 33.3. The number of benzene rings is 7. The highest BCUT2D eigenvalue weighted by atomic mass is 16.3. The van der Waals surface area contributed by atoms with Crippen LogP contribution in [0.25, 0.3) is 67.2 Å². The average molecular weight is 643 g/mol. The maximum Gasteiger partial charge on any atom is 0.164 e. The highest BCUT2D eigenvalue weighted by Crippen LogP contribution is 2.43. The highest BCUT2D eigenvalue weighted by molar-refractivity contribution is 6.07. The summed E-state index contributed by atoms with van der Waals surface area (Å²) in [5.41, 5.74) is 9.83. The van der Waals surface area contributed by atoms with Crippen molar-refractivity contribution in [2.24, 2.45) is 0 Å². The fourth-order valence-electron chi connectivity index (χ4n) is 6.52. The van der Waals surface area contributed by atoms with Crippen LogP contribution in [0.1, 0.15) is 0 Å². The van der Waals surface area contributed by atoms with Crippen LogP contribution in [0.4, 0.5) is 17.1 Å². The second-order valence-electron chi connectivity index (χ2n) is 12.1. The SMILES string of the molecule is c1ccc(-c2nc(-c3ccccc3)nc(-c3ccc4c(c3)oc3ccc(N(c5ccccc5)c5ccccc5-c5ccccc5)cc34)n2)cc1. The number of fused-ring (bicyclic) bond motifs is 3. The molecule has 9 aromatic rings. The van der Waals surface area contributed by atoms with E-state index >= 15 is 0 Å². The van der Waals surface area contributed by atoms with Crippen molar-refractivity contribution in [3.05, 3.63) is 182 Å². The van der Waals surface area contributed by atoms with Crippen LogP contribution < -0.4 is 4.90 Å². The fraction of sp³-hybridized carbons (Fsp3) is 0. The molecule has 5 nitrogen and oxygen atoms in total. The van der Waals surface area contributed by atoms with Gasteiger partial charge in [-0.2, -0.15) is 0 Å². The van der Waals surface area contributed by atoms with E-state index < -0.39 is 0 Å². The average Bonchev–Trinajstić information content (AvgIpc) is 3.57. The van der Waals surface area contributed by atoms with E-state index in [2.05, 4.69) is 114 Å². The minimum Gasteiger partial charge on any atom is -0.456 e. The maximum atomic E-state index is 6.49. The van der Waals surface area contributed by atoms with Crippen molar-refractivity contribution in [3.63, 3.8) is 0 Å². The molecule has 5 heteroatoms. The van der Waals surface area contributed by atoms with Gasteiger partial charge in [0.15, 0.2) is 17.5 Å². The maximum absolute atomic E-state index is 6.49. The highest BCUT2D eigenvalue weighted by Gasteiger charge is 2.19. The Bertz CT molecular complexity index is 2530. The Morgan fingerprint density at radius 3 is 1.54 bits per heavy atom. The lowest BCUT2D eigenvalue weighted by Crippen LogP contribution is -2.11. The van der Waals surface area contributed by atoms with Crippen molar-refractivity contribution in [2.45, 2.75) is 0 Å². The summed E-state index contributed by atoms with van der Waals surface area (Å²) in [6.45, 7) is 0. The monoisotopic (exact) mass is 642 g/mol. The topological polar surface area (TPSA) is 55.1 Å². The number of nitrogens with zero attached hydrogens (tertiary/aromatic N) is 4. The number of hydrogen-bond acceptors (Lipinski definition) is 5. The third-order valence-corrected chi connectivity index (χ3v) is 8.91.